The molecule has 4 aromatic rings. The average molecular weight is 413 g/mol. The third-order valence-corrected chi connectivity index (χ3v) is 5.56. The van der Waals surface area contributed by atoms with Gasteiger partial charge >= 0.3 is 5.97 Å². The van der Waals surface area contributed by atoms with Gasteiger partial charge in [-0.1, -0.05) is 87.5 Å². The molecule has 4 nitrogen and oxygen atoms in total. The van der Waals surface area contributed by atoms with Gasteiger partial charge in [0, 0.05) is 5.56 Å². The number of benzene rings is 3. The first-order valence-electron chi connectivity index (χ1n) is 10.6. The van der Waals surface area contributed by atoms with E-state index in [0.717, 1.165) is 28.0 Å². The Morgan fingerprint density at radius 1 is 0.935 bits per heavy atom. The Morgan fingerprint density at radius 2 is 1.58 bits per heavy atom. The number of hydrogen-bond acceptors (Lipinski definition) is 3. The minimum absolute atomic E-state index is 0.0766. The molecular formula is C27H28N2O2. The first-order chi connectivity index (χ1) is 14.8. The summed E-state index contributed by atoms with van der Waals surface area (Å²) in [4.78, 5) is 17.8. The Hall–Kier alpha value is -3.40. The molecule has 1 aromatic heterocycles. The van der Waals surface area contributed by atoms with Gasteiger partial charge in [-0.25, -0.2) is 9.78 Å². The van der Waals surface area contributed by atoms with Crippen LogP contribution >= 0.6 is 0 Å². The highest BCUT2D eigenvalue weighted by molar-refractivity contribution is 5.84. The molecule has 1 atom stereocenters. The summed E-state index contributed by atoms with van der Waals surface area (Å²) in [5.41, 5.74) is 5.06. The Bertz CT molecular complexity index is 1190. The van der Waals surface area contributed by atoms with Gasteiger partial charge in [-0.3, -0.25) is 0 Å². The van der Waals surface area contributed by atoms with Crippen molar-refractivity contribution in [1.29, 1.82) is 0 Å². The van der Waals surface area contributed by atoms with E-state index in [4.69, 9.17) is 9.72 Å². The van der Waals surface area contributed by atoms with Crippen LogP contribution in [0, 0.1) is 0 Å². The van der Waals surface area contributed by atoms with Gasteiger partial charge in [-0.05, 0) is 35.6 Å². The van der Waals surface area contributed by atoms with Crippen molar-refractivity contribution in [1.82, 2.24) is 9.55 Å². The number of nitrogens with zero attached hydrogens (tertiary/aromatic N) is 2. The van der Waals surface area contributed by atoms with Crippen LogP contribution in [0.4, 0.5) is 0 Å². The number of imidazole rings is 1. The van der Waals surface area contributed by atoms with Crippen molar-refractivity contribution in [2.45, 2.75) is 45.8 Å². The third-order valence-electron chi connectivity index (χ3n) is 5.56. The normalized spacial score (nSPS) is 12.6. The second kappa shape index (κ2) is 8.38. The highest BCUT2D eigenvalue weighted by atomic mass is 16.5. The first-order valence-corrected chi connectivity index (χ1v) is 10.6. The molecule has 4 rings (SSSR count). The van der Waals surface area contributed by atoms with Crippen LogP contribution in [0.5, 0.6) is 0 Å². The van der Waals surface area contributed by atoms with Gasteiger partial charge in [0.1, 0.15) is 18.5 Å². The summed E-state index contributed by atoms with van der Waals surface area (Å²) < 4.78 is 7.61. The maximum absolute atomic E-state index is 13.0. The van der Waals surface area contributed by atoms with E-state index in [-0.39, 0.29) is 18.0 Å². The number of rotatable bonds is 5. The van der Waals surface area contributed by atoms with E-state index >= 15 is 0 Å². The van der Waals surface area contributed by atoms with Crippen molar-refractivity contribution in [2.24, 2.45) is 0 Å². The zero-order chi connectivity index (χ0) is 22.0. The molecule has 0 aliphatic heterocycles. The molecule has 0 aliphatic rings. The predicted octanol–water partition coefficient (Wildman–Crippen LogP) is 6.31. The minimum atomic E-state index is -0.506. The number of carbonyl (C=O) groups excluding carboxylic acids is 1. The number of para-hydroxylation sites is 2. The Morgan fingerprint density at radius 3 is 2.26 bits per heavy atom. The molecule has 31 heavy (non-hydrogen) atoms. The molecular weight excluding hydrogens is 384 g/mol. The molecule has 0 N–H and O–H groups in total. The van der Waals surface area contributed by atoms with Crippen LogP contribution in [-0.4, -0.2) is 15.5 Å². The number of esters is 1. The Labute approximate surface area is 183 Å². The number of fused-ring (bicyclic) bond motifs is 1. The van der Waals surface area contributed by atoms with Crippen LogP contribution in [0.2, 0.25) is 0 Å². The predicted molar refractivity (Wildman–Crippen MR) is 125 cm³/mol. The SMILES string of the molecule is CC(C(=O)OCc1ccccc1)n1c(-c2ccc(C(C)(C)C)cc2)nc2ccccc21. The molecule has 1 heterocycles. The largest absolute Gasteiger partial charge is 0.459 e. The maximum Gasteiger partial charge on any atom is 0.329 e. The fraction of sp³-hybridized carbons (Fsp3) is 0.259. The molecule has 4 heteroatoms. The molecule has 0 bridgehead atoms. The van der Waals surface area contributed by atoms with Crippen molar-refractivity contribution in [3.8, 4) is 11.4 Å². The number of aromatic nitrogens is 2. The maximum atomic E-state index is 13.0. The van der Waals surface area contributed by atoms with Crippen LogP contribution in [0.15, 0.2) is 78.9 Å². The highest BCUT2D eigenvalue weighted by Gasteiger charge is 2.24. The lowest BCUT2D eigenvalue weighted by molar-refractivity contribution is -0.148. The van der Waals surface area contributed by atoms with Crippen LogP contribution < -0.4 is 0 Å². The van der Waals surface area contributed by atoms with Gasteiger partial charge in [0.15, 0.2) is 0 Å². The van der Waals surface area contributed by atoms with Gasteiger partial charge in [0.25, 0.3) is 0 Å². The second-order valence-corrected chi connectivity index (χ2v) is 8.89. The van der Waals surface area contributed by atoms with Crippen molar-refractivity contribution in [3.63, 3.8) is 0 Å². The zero-order valence-electron chi connectivity index (χ0n) is 18.5. The molecule has 158 valence electrons. The standard InChI is InChI=1S/C27H28N2O2/c1-19(26(30)31-18-20-10-6-5-7-11-20)29-24-13-9-8-12-23(24)28-25(29)21-14-16-22(17-15-21)27(2,3)4/h5-17,19H,18H2,1-4H3. The van der Waals surface area contributed by atoms with Crippen LogP contribution in [-0.2, 0) is 21.6 Å². The fourth-order valence-corrected chi connectivity index (χ4v) is 3.71. The quantitative estimate of drug-likeness (QED) is 0.361. The summed E-state index contributed by atoms with van der Waals surface area (Å²) in [5.74, 6) is 0.491. The van der Waals surface area contributed by atoms with Crippen LogP contribution in [0.1, 0.15) is 44.9 Å². The Balaban J connectivity index is 1.68. The summed E-state index contributed by atoms with van der Waals surface area (Å²) in [6, 6.07) is 25.6. The van der Waals surface area contributed by atoms with E-state index in [1.807, 2.05) is 66.1 Å². The van der Waals surface area contributed by atoms with E-state index in [1.165, 1.54) is 5.56 Å². The summed E-state index contributed by atoms with van der Waals surface area (Å²) in [6.07, 6.45) is 0. The summed E-state index contributed by atoms with van der Waals surface area (Å²) >= 11 is 0. The molecule has 1 unspecified atom stereocenters. The van der Waals surface area contributed by atoms with Gasteiger partial charge in [-0.2, -0.15) is 0 Å². The lowest BCUT2D eigenvalue weighted by Crippen LogP contribution is -2.20. The van der Waals surface area contributed by atoms with E-state index in [0.29, 0.717) is 0 Å². The van der Waals surface area contributed by atoms with E-state index in [2.05, 4.69) is 45.0 Å². The van der Waals surface area contributed by atoms with E-state index in [9.17, 15) is 4.79 Å². The van der Waals surface area contributed by atoms with Gasteiger partial charge < -0.3 is 9.30 Å². The summed E-state index contributed by atoms with van der Waals surface area (Å²) in [6.45, 7) is 8.72. The molecule has 0 amide bonds. The molecule has 0 saturated heterocycles. The minimum Gasteiger partial charge on any atom is -0.459 e. The molecule has 0 aliphatic carbocycles. The van der Waals surface area contributed by atoms with Crippen molar-refractivity contribution >= 4 is 17.0 Å². The number of hydrogen-bond donors (Lipinski definition) is 0. The van der Waals surface area contributed by atoms with E-state index in [1.54, 1.807) is 0 Å². The Kier molecular flexibility index (Phi) is 5.64. The molecule has 0 saturated carbocycles. The van der Waals surface area contributed by atoms with Crippen LogP contribution in [0.25, 0.3) is 22.4 Å². The fourth-order valence-electron chi connectivity index (χ4n) is 3.71. The molecule has 3 aromatic carbocycles. The molecule has 0 fully saturated rings. The van der Waals surface area contributed by atoms with Gasteiger partial charge in [0.2, 0.25) is 0 Å². The zero-order valence-corrected chi connectivity index (χ0v) is 18.5. The van der Waals surface area contributed by atoms with E-state index < -0.39 is 6.04 Å². The number of carbonyl (C=O) groups is 1. The lowest BCUT2D eigenvalue weighted by atomic mass is 9.86. The first kappa shape index (κ1) is 20.9. The topological polar surface area (TPSA) is 44.1 Å². The van der Waals surface area contributed by atoms with Crippen LogP contribution in [0.3, 0.4) is 0 Å². The highest BCUT2D eigenvalue weighted by Crippen LogP contribution is 2.31. The summed E-state index contributed by atoms with van der Waals surface area (Å²) in [5, 5.41) is 0. The molecule has 0 spiro atoms. The van der Waals surface area contributed by atoms with Crippen molar-refractivity contribution < 1.29 is 9.53 Å². The average Bonchev–Trinajstić information content (AvgIpc) is 3.16. The smallest absolute Gasteiger partial charge is 0.329 e. The monoisotopic (exact) mass is 412 g/mol. The van der Waals surface area contributed by atoms with Gasteiger partial charge in [0.05, 0.1) is 11.0 Å². The summed E-state index contributed by atoms with van der Waals surface area (Å²) in [7, 11) is 0. The lowest BCUT2D eigenvalue weighted by Gasteiger charge is -2.20. The van der Waals surface area contributed by atoms with Crippen molar-refractivity contribution in [2.75, 3.05) is 0 Å². The second-order valence-electron chi connectivity index (χ2n) is 8.89. The number of ether oxygens (including phenoxy) is 1. The van der Waals surface area contributed by atoms with Crippen molar-refractivity contribution in [3.05, 3.63) is 90.0 Å². The third kappa shape index (κ3) is 4.38. The van der Waals surface area contributed by atoms with Gasteiger partial charge in [-0.15, -0.1) is 0 Å². The molecule has 0 radical (unpaired) electrons.